The summed E-state index contributed by atoms with van der Waals surface area (Å²) in [6.07, 6.45) is 4.15. The van der Waals surface area contributed by atoms with Crippen LogP contribution in [0.1, 0.15) is 29.8 Å². The summed E-state index contributed by atoms with van der Waals surface area (Å²) in [4.78, 5) is 11.3. The van der Waals surface area contributed by atoms with E-state index in [0.29, 0.717) is 0 Å². The summed E-state index contributed by atoms with van der Waals surface area (Å²) in [5.74, 6) is 0. The molecule has 2 fully saturated rings. The predicted molar refractivity (Wildman–Crippen MR) is 81.0 cm³/mol. The van der Waals surface area contributed by atoms with Crippen LogP contribution < -0.4 is 10.2 Å². The van der Waals surface area contributed by atoms with Gasteiger partial charge in [0.05, 0.1) is 5.69 Å². The maximum absolute atomic E-state index is 4.78. The number of aromatic nitrogens is 1. The Bertz CT molecular complexity index is 431. The first kappa shape index (κ1) is 13.3. The fourth-order valence-electron chi connectivity index (χ4n) is 3.20. The van der Waals surface area contributed by atoms with E-state index in [2.05, 4.69) is 22.0 Å². The zero-order valence-electron chi connectivity index (χ0n) is 12.0. The van der Waals surface area contributed by atoms with Gasteiger partial charge in [0, 0.05) is 37.1 Å². The van der Waals surface area contributed by atoms with Crippen LogP contribution in [0.15, 0.2) is 0 Å². The third-order valence-corrected chi connectivity index (χ3v) is 5.54. The molecule has 2 saturated heterocycles. The number of thiazole rings is 1. The van der Waals surface area contributed by atoms with Gasteiger partial charge in [-0.05, 0) is 33.4 Å². The smallest absolute Gasteiger partial charge is 0.185 e. The number of piperazine rings is 1. The van der Waals surface area contributed by atoms with Crippen molar-refractivity contribution in [2.75, 3.05) is 38.1 Å². The van der Waals surface area contributed by atoms with E-state index < -0.39 is 0 Å². The van der Waals surface area contributed by atoms with Gasteiger partial charge in [0.15, 0.2) is 5.13 Å². The van der Waals surface area contributed by atoms with E-state index in [4.69, 9.17) is 4.98 Å². The molecule has 4 nitrogen and oxygen atoms in total. The van der Waals surface area contributed by atoms with Crippen molar-refractivity contribution in [2.24, 2.45) is 0 Å². The molecule has 3 rings (SSSR count). The first-order valence-electron chi connectivity index (χ1n) is 7.38. The molecule has 3 heterocycles. The zero-order valence-corrected chi connectivity index (χ0v) is 12.8. The van der Waals surface area contributed by atoms with Gasteiger partial charge in [-0.25, -0.2) is 4.98 Å². The van der Waals surface area contributed by atoms with Gasteiger partial charge in [0.25, 0.3) is 0 Å². The highest BCUT2D eigenvalue weighted by molar-refractivity contribution is 7.15. The largest absolute Gasteiger partial charge is 0.345 e. The van der Waals surface area contributed by atoms with Crippen molar-refractivity contribution in [3.05, 3.63) is 10.6 Å². The van der Waals surface area contributed by atoms with Gasteiger partial charge >= 0.3 is 0 Å². The van der Waals surface area contributed by atoms with Crippen LogP contribution in [-0.4, -0.2) is 49.2 Å². The Kier molecular flexibility index (Phi) is 4.05. The van der Waals surface area contributed by atoms with Crippen LogP contribution in [0.25, 0.3) is 0 Å². The summed E-state index contributed by atoms with van der Waals surface area (Å²) in [5, 5.41) is 4.46. The normalized spacial score (nSPS) is 24.5. The first-order valence-corrected chi connectivity index (χ1v) is 8.19. The lowest BCUT2D eigenvalue weighted by molar-refractivity contribution is 0.133. The standard InChI is InChI=1S/C14H24N4S/c1-11-13(9-15-2)19-14(16-11)18-8-7-17-6-4-3-5-12(17)10-18/h12,15H,3-10H2,1-2H3. The molecular formula is C14H24N4S. The van der Waals surface area contributed by atoms with Crippen LogP contribution in [0.4, 0.5) is 5.13 Å². The van der Waals surface area contributed by atoms with Crippen molar-refractivity contribution >= 4 is 16.5 Å². The van der Waals surface area contributed by atoms with Crippen LogP contribution in [0.3, 0.4) is 0 Å². The molecule has 106 valence electrons. The molecule has 0 radical (unpaired) electrons. The molecule has 0 bridgehead atoms. The second-order valence-corrected chi connectivity index (χ2v) is 6.73. The SMILES string of the molecule is CNCc1sc(N2CCN3CCCCC3C2)nc1C. The Balaban J connectivity index is 1.70. The van der Waals surface area contributed by atoms with Crippen molar-refractivity contribution in [3.8, 4) is 0 Å². The topological polar surface area (TPSA) is 31.4 Å². The molecule has 2 aliphatic heterocycles. The summed E-state index contributed by atoms with van der Waals surface area (Å²) in [6.45, 7) is 7.90. The zero-order chi connectivity index (χ0) is 13.2. The highest BCUT2D eigenvalue weighted by atomic mass is 32.1. The Morgan fingerprint density at radius 1 is 1.32 bits per heavy atom. The summed E-state index contributed by atoms with van der Waals surface area (Å²) in [7, 11) is 2.00. The lowest BCUT2D eigenvalue weighted by Crippen LogP contribution is -2.54. The quantitative estimate of drug-likeness (QED) is 0.915. The van der Waals surface area contributed by atoms with E-state index in [1.807, 2.05) is 18.4 Å². The minimum Gasteiger partial charge on any atom is -0.345 e. The fourth-order valence-corrected chi connectivity index (χ4v) is 4.31. The maximum Gasteiger partial charge on any atom is 0.185 e. The minimum atomic E-state index is 0.763. The molecule has 1 N–H and O–H groups in total. The Morgan fingerprint density at radius 2 is 2.21 bits per heavy atom. The van der Waals surface area contributed by atoms with Crippen LogP contribution in [0.5, 0.6) is 0 Å². The summed E-state index contributed by atoms with van der Waals surface area (Å²) in [5.41, 5.74) is 1.19. The number of hydrogen-bond acceptors (Lipinski definition) is 5. The lowest BCUT2D eigenvalue weighted by atomic mass is 10.00. The third kappa shape index (κ3) is 2.78. The lowest BCUT2D eigenvalue weighted by Gasteiger charge is -2.44. The minimum absolute atomic E-state index is 0.763. The van der Waals surface area contributed by atoms with Gasteiger partial charge in [-0.2, -0.15) is 0 Å². The van der Waals surface area contributed by atoms with Gasteiger partial charge < -0.3 is 10.2 Å². The van der Waals surface area contributed by atoms with E-state index in [9.17, 15) is 0 Å². The summed E-state index contributed by atoms with van der Waals surface area (Å²) < 4.78 is 0. The highest BCUT2D eigenvalue weighted by Gasteiger charge is 2.30. The van der Waals surface area contributed by atoms with Gasteiger partial charge in [-0.3, -0.25) is 4.90 Å². The average Bonchev–Trinajstić information content (AvgIpc) is 2.80. The second kappa shape index (κ2) is 5.77. The van der Waals surface area contributed by atoms with Gasteiger partial charge in [0.2, 0.25) is 0 Å². The number of fused-ring (bicyclic) bond motifs is 1. The molecule has 5 heteroatoms. The number of hydrogen-bond donors (Lipinski definition) is 1. The molecule has 1 aromatic heterocycles. The van der Waals surface area contributed by atoms with E-state index in [0.717, 1.165) is 19.1 Å². The van der Waals surface area contributed by atoms with Crippen molar-refractivity contribution in [1.82, 2.24) is 15.2 Å². The molecule has 0 spiro atoms. The Hall–Kier alpha value is -0.650. The van der Waals surface area contributed by atoms with E-state index in [-0.39, 0.29) is 0 Å². The van der Waals surface area contributed by atoms with Crippen LogP contribution in [0.2, 0.25) is 0 Å². The molecule has 2 aliphatic rings. The van der Waals surface area contributed by atoms with Gasteiger partial charge in [-0.1, -0.05) is 6.42 Å². The van der Waals surface area contributed by atoms with Gasteiger partial charge in [0.1, 0.15) is 0 Å². The predicted octanol–water partition coefficient (Wildman–Crippen LogP) is 1.85. The highest BCUT2D eigenvalue weighted by Crippen LogP contribution is 2.29. The molecule has 1 aromatic rings. The summed E-state index contributed by atoms with van der Waals surface area (Å²) in [6, 6.07) is 0.763. The monoisotopic (exact) mass is 280 g/mol. The molecule has 0 aromatic carbocycles. The van der Waals surface area contributed by atoms with E-state index >= 15 is 0 Å². The number of aryl methyl sites for hydroxylation is 1. The molecule has 0 aliphatic carbocycles. The van der Waals surface area contributed by atoms with Gasteiger partial charge in [-0.15, -0.1) is 11.3 Å². The second-order valence-electron chi connectivity index (χ2n) is 5.67. The Labute approximate surface area is 119 Å². The van der Waals surface area contributed by atoms with E-state index in [1.54, 1.807) is 0 Å². The van der Waals surface area contributed by atoms with Crippen molar-refractivity contribution < 1.29 is 0 Å². The van der Waals surface area contributed by atoms with Crippen molar-refractivity contribution in [3.63, 3.8) is 0 Å². The third-order valence-electron chi connectivity index (χ3n) is 4.33. The first-order chi connectivity index (χ1) is 9.28. The van der Waals surface area contributed by atoms with Crippen LogP contribution in [0, 0.1) is 6.92 Å². The summed E-state index contributed by atoms with van der Waals surface area (Å²) >= 11 is 1.86. The van der Waals surface area contributed by atoms with Crippen LogP contribution >= 0.6 is 11.3 Å². The maximum atomic E-state index is 4.78. The van der Waals surface area contributed by atoms with E-state index in [1.165, 1.54) is 54.6 Å². The number of nitrogens with one attached hydrogen (secondary N) is 1. The molecule has 1 atom stereocenters. The number of anilines is 1. The van der Waals surface area contributed by atoms with Crippen molar-refractivity contribution in [2.45, 2.75) is 38.8 Å². The molecule has 19 heavy (non-hydrogen) atoms. The number of rotatable bonds is 3. The molecule has 1 unspecified atom stereocenters. The molecule has 0 saturated carbocycles. The Morgan fingerprint density at radius 3 is 3.05 bits per heavy atom. The fraction of sp³-hybridized carbons (Fsp3) is 0.786. The number of nitrogens with zero attached hydrogens (tertiary/aromatic N) is 3. The molecule has 0 amide bonds. The van der Waals surface area contributed by atoms with Crippen molar-refractivity contribution in [1.29, 1.82) is 0 Å². The number of piperidine rings is 1. The average molecular weight is 280 g/mol. The molecular weight excluding hydrogens is 256 g/mol. The van der Waals surface area contributed by atoms with Crippen LogP contribution in [-0.2, 0) is 6.54 Å².